The first kappa shape index (κ1) is 26.6. The molecule has 204 valence electrons. The first-order valence-corrected chi connectivity index (χ1v) is 13.4. The van der Waals surface area contributed by atoms with E-state index in [1.165, 1.54) is 12.1 Å². The lowest BCUT2D eigenvalue weighted by atomic mass is 9.82. The summed E-state index contributed by atoms with van der Waals surface area (Å²) >= 11 is 0. The number of oxime groups is 1. The van der Waals surface area contributed by atoms with E-state index in [1.807, 2.05) is 0 Å². The number of ether oxygens (including phenoxy) is 1. The van der Waals surface area contributed by atoms with Crippen molar-refractivity contribution >= 4 is 21.3 Å². The Labute approximate surface area is 212 Å². The molecule has 0 saturated carbocycles. The molecular weight excluding hydrogens is 542 g/mol. The number of nitrogens with zero attached hydrogens (tertiary/aromatic N) is 1. The number of hydrogen-bond acceptors (Lipinski definition) is 7. The van der Waals surface area contributed by atoms with Gasteiger partial charge in [-0.1, -0.05) is 35.5 Å². The Balaban J connectivity index is 1.59. The van der Waals surface area contributed by atoms with Crippen LogP contribution in [0.3, 0.4) is 0 Å². The van der Waals surface area contributed by atoms with E-state index in [4.69, 9.17) is 9.57 Å². The molecular formula is C24H20F6N2O5S. The second-order valence-corrected chi connectivity index (χ2v) is 11.7. The predicted molar refractivity (Wildman–Crippen MR) is 121 cm³/mol. The third-order valence-electron chi connectivity index (χ3n) is 6.74. The molecule has 2 aromatic rings. The maximum absolute atomic E-state index is 13.9. The summed E-state index contributed by atoms with van der Waals surface area (Å²) in [5.74, 6) is -3.29. The first-order chi connectivity index (χ1) is 17.6. The number of Topliss-reactive ketones (excluding diaryl/α,β-unsaturated/α-hetero) is 1. The summed E-state index contributed by atoms with van der Waals surface area (Å²) in [4.78, 5) is 17.6. The minimum atomic E-state index is -4.96. The van der Waals surface area contributed by atoms with Crippen LogP contribution in [0.15, 0.2) is 47.6 Å². The molecule has 3 aliphatic rings. The zero-order valence-electron chi connectivity index (χ0n) is 19.6. The highest BCUT2D eigenvalue weighted by atomic mass is 32.2. The molecule has 1 saturated heterocycles. The van der Waals surface area contributed by atoms with Crippen molar-refractivity contribution in [3.63, 3.8) is 0 Å². The van der Waals surface area contributed by atoms with Crippen LogP contribution in [0.4, 0.5) is 26.3 Å². The maximum Gasteiger partial charge on any atom is 0.429 e. The summed E-state index contributed by atoms with van der Waals surface area (Å²) in [5, 5.41) is 6.63. The van der Waals surface area contributed by atoms with Gasteiger partial charge in [0.05, 0.1) is 17.2 Å². The normalized spacial score (nSPS) is 24.5. The summed E-state index contributed by atoms with van der Waals surface area (Å²) in [6.45, 7) is 0.657. The Morgan fingerprint density at radius 2 is 1.82 bits per heavy atom. The number of hydrogen-bond donors (Lipinski definition) is 1. The van der Waals surface area contributed by atoms with Gasteiger partial charge in [0.1, 0.15) is 17.5 Å². The number of halogens is 6. The predicted octanol–water partition coefficient (Wildman–Crippen LogP) is 3.64. The van der Waals surface area contributed by atoms with E-state index in [1.54, 1.807) is 6.07 Å². The number of fused-ring (bicyclic) bond motifs is 2. The van der Waals surface area contributed by atoms with Crippen LogP contribution in [0, 0.1) is 0 Å². The van der Waals surface area contributed by atoms with Crippen LogP contribution in [0.25, 0.3) is 0 Å². The number of sulfone groups is 1. The molecule has 2 aromatic carbocycles. The smallest absolute Gasteiger partial charge is 0.381 e. The van der Waals surface area contributed by atoms with E-state index in [0.29, 0.717) is 24.7 Å². The van der Waals surface area contributed by atoms with Gasteiger partial charge < -0.3 is 14.9 Å². The lowest BCUT2D eigenvalue weighted by Crippen LogP contribution is -2.57. The molecule has 0 amide bonds. The van der Waals surface area contributed by atoms with E-state index in [2.05, 4.69) is 10.5 Å². The molecule has 14 heteroatoms. The fraction of sp³-hybridized carbons (Fsp3) is 0.417. The molecule has 5 rings (SSSR count). The Hall–Kier alpha value is -2.97. The lowest BCUT2D eigenvalue weighted by molar-refractivity contribution is -0.216. The van der Waals surface area contributed by atoms with Crippen molar-refractivity contribution in [2.24, 2.45) is 5.16 Å². The van der Waals surface area contributed by atoms with E-state index >= 15 is 0 Å². The third-order valence-corrected chi connectivity index (χ3v) is 7.55. The highest BCUT2D eigenvalue weighted by Crippen LogP contribution is 2.48. The van der Waals surface area contributed by atoms with Gasteiger partial charge in [-0.15, -0.1) is 0 Å². The summed E-state index contributed by atoms with van der Waals surface area (Å²) in [6, 6.07) is 7.86. The molecule has 0 radical (unpaired) electrons. The maximum atomic E-state index is 13.9. The van der Waals surface area contributed by atoms with Gasteiger partial charge in [-0.3, -0.25) is 4.79 Å². The molecule has 3 heterocycles. The SMILES string of the molecule is CS(=O)(=O)CC(=O)[C@H]1OC2(CNC2)c2ccc(C3=NOC(C(F)(F)F)C3c3cccc(C(F)(F)F)c3)cc21. The minimum absolute atomic E-state index is 0.0722. The molecule has 0 aromatic heterocycles. The summed E-state index contributed by atoms with van der Waals surface area (Å²) < 4.78 is 111. The topological polar surface area (TPSA) is 94.1 Å². The van der Waals surface area contributed by atoms with Crippen LogP contribution in [0.1, 0.15) is 39.8 Å². The zero-order chi connectivity index (χ0) is 27.7. The van der Waals surface area contributed by atoms with Crippen molar-refractivity contribution in [3.8, 4) is 0 Å². The summed E-state index contributed by atoms with van der Waals surface area (Å²) in [7, 11) is -3.71. The van der Waals surface area contributed by atoms with Gasteiger partial charge >= 0.3 is 12.4 Å². The standard InChI is InChI=1S/C24H20F6N2O5S/c1-38(34,35)9-17(33)20-15-8-13(5-6-16(15)22(36-20)10-31-11-22)19-18(21(37-32-19)24(28,29)30)12-3-2-4-14(7-12)23(25,26)27/h2-8,18,20-21,31H,9-11H2,1H3/t18?,20-,21?/m0/s1. The molecule has 2 unspecified atom stereocenters. The fourth-order valence-electron chi connectivity index (χ4n) is 5.00. The van der Waals surface area contributed by atoms with Crippen molar-refractivity contribution in [1.29, 1.82) is 0 Å². The van der Waals surface area contributed by atoms with E-state index in [0.717, 1.165) is 24.5 Å². The van der Waals surface area contributed by atoms with Gasteiger partial charge in [0.2, 0.25) is 6.10 Å². The van der Waals surface area contributed by atoms with Gasteiger partial charge in [-0.25, -0.2) is 8.42 Å². The number of carbonyl (C=O) groups is 1. The van der Waals surface area contributed by atoms with Gasteiger partial charge in [-0.2, -0.15) is 26.3 Å². The van der Waals surface area contributed by atoms with Gasteiger partial charge in [0.15, 0.2) is 15.6 Å². The van der Waals surface area contributed by atoms with E-state index in [9.17, 15) is 39.6 Å². The van der Waals surface area contributed by atoms with Gasteiger partial charge in [0, 0.05) is 24.9 Å². The molecule has 1 fully saturated rings. The quantitative estimate of drug-likeness (QED) is 0.560. The molecule has 38 heavy (non-hydrogen) atoms. The van der Waals surface area contributed by atoms with Crippen LogP contribution in [0.5, 0.6) is 0 Å². The molecule has 0 bridgehead atoms. The van der Waals surface area contributed by atoms with Crippen molar-refractivity contribution < 1.29 is 49.1 Å². The Morgan fingerprint density at radius 1 is 1.11 bits per heavy atom. The number of alkyl halides is 6. The van der Waals surface area contributed by atoms with Crippen LogP contribution in [-0.2, 0) is 36.0 Å². The highest BCUT2D eigenvalue weighted by Gasteiger charge is 2.55. The number of rotatable bonds is 5. The third kappa shape index (κ3) is 4.69. The molecule has 1 N–H and O–H groups in total. The number of nitrogens with one attached hydrogen (secondary N) is 1. The zero-order valence-corrected chi connectivity index (χ0v) is 20.4. The monoisotopic (exact) mass is 562 g/mol. The molecule has 1 spiro atoms. The van der Waals surface area contributed by atoms with Crippen LogP contribution >= 0.6 is 0 Å². The fourth-order valence-corrected chi connectivity index (χ4v) is 5.67. The van der Waals surface area contributed by atoms with Crippen molar-refractivity contribution in [2.75, 3.05) is 25.1 Å². The summed E-state index contributed by atoms with van der Waals surface area (Å²) in [6.07, 6.45) is -12.7. The molecule has 0 aliphatic carbocycles. The molecule has 3 atom stereocenters. The average molecular weight is 562 g/mol. The highest BCUT2D eigenvalue weighted by molar-refractivity contribution is 7.91. The molecule has 7 nitrogen and oxygen atoms in total. The van der Waals surface area contributed by atoms with Crippen molar-refractivity contribution in [1.82, 2.24) is 5.32 Å². The largest absolute Gasteiger partial charge is 0.429 e. The van der Waals surface area contributed by atoms with Gasteiger partial charge in [-0.05, 0) is 28.8 Å². The van der Waals surface area contributed by atoms with E-state index < -0.39 is 63.0 Å². The van der Waals surface area contributed by atoms with Crippen molar-refractivity contribution in [3.05, 3.63) is 70.3 Å². The summed E-state index contributed by atoms with van der Waals surface area (Å²) in [5.41, 5.74) is -1.73. The lowest BCUT2D eigenvalue weighted by Gasteiger charge is -2.39. The minimum Gasteiger partial charge on any atom is -0.381 e. The van der Waals surface area contributed by atoms with Crippen LogP contribution in [0.2, 0.25) is 0 Å². The Kier molecular flexibility index (Phi) is 6.15. The first-order valence-electron chi connectivity index (χ1n) is 11.3. The van der Waals surface area contributed by atoms with E-state index in [-0.39, 0.29) is 22.4 Å². The average Bonchev–Trinajstić information content (AvgIpc) is 3.37. The van der Waals surface area contributed by atoms with Gasteiger partial charge in [0.25, 0.3) is 0 Å². The number of benzene rings is 2. The number of carbonyl (C=O) groups excluding carboxylic acids is 1. The van der Waals surface area contributed by atoms with Crippen LogP contribution in [-0.4, -0.2) is 57.3 Å². The van der Waals surface area contributed by atoms with Crippen LogP contribution < -0.4 is 5.32 Å². The second kappa shape index (κ2) is 8.78. The van der Waals surface area contributed by atoms with Crippen molar-refractivity contribution in [2.45, 2.75) is 36.1 Å². The Bertz CT molecular complexity index is 1430. The Morgan fingerprint density at radius 3 is 2.39 bits per heavy atom. The number of ketones is 1. The molecule has 3 aliphatic heterocycles. The second-order valence-electron chi connectivity index (χ2n) is 9.58.